The first kappa shape index (κ1) is 16.4. The molecule has 0 saturated heterocycles. The third-order valence-corrected chi connectivity index (χ3v) is 3.24. The Kier molecular flexibility index (Phi) is 10.1. The predicted octanol–water partition coefficient (Wildman–Crippen LogP) is 3.54. The molecule has 4 nitrogen and oxygen atoms in total. The van der Waals surface area contributed by atoms with Crippen LogP contribution < -0.4 is 0 Å². The molecule has 2 atom stereocenters. The summed E-state index contributed by atoms with van der Waals surface area (Å²) < 4.78 is 0. The topological polar surface area (TPSA) is 63.4 Å². The van der Waals surface area contributed by atoms with E-state index in [1.54, 1.807) is 0 Å². The van der Waals surface area contributed by atoms with Gasteiger partial charge in [0.05, 0.1) is 0 Å². The van der Waals surface area contributed by atoms with Crippen molar-refractivity contribution < 1.29 is 10.0 Å². The van der Waals surface area contributed by atoms with Crippen molar-refractivity contribution in [3.05, 3.63) is 10.1 Å². The van der Waals surface area contributed by atoms with Gasteiger partial charge in [-0.2, -0.15) is 0 Å². The summed E-state index contributed by atoms with van der Waals surface area (Å²) in [4.78, 5) is 10.0. The van der Waals surface area contributed by atoms with E-state index < -0.39 is 17.1 Å². The van der Waals surface area contributed by atoms with Crippen molar-refractivity contribution >= 4 is 0 Å². The van der Waals surface area contributed by atoms with Gasteiger partial charge in [-0.15, -0.1) is 0 Å². The van der Waals surface area contributed by atoms with E-state index >= 15 is 0 Å². The van der Waals surface area contributed by atoms with Crippen LogP contribution in [0.5, 0.6) is 0 Å². The number of unbranched alkanes of at least 4 members (excludes halogenated alkanes) is 7. The number of rotatable bonds is 11. The first-order valence-corrected chi connectivity index (χ1v) is 6.91. The molecular formula is C13H27NO3. The maximum absolute atomic E-state index is 10.4. The molecule has 1 N–H and O–H groups in total. The SMILES string of the molecule is CCCCCCCCCC[C@@H](O)[C@@H](C)[N+](=O)[O-]. The molecule has 0 aromatic heterocycles. The van der Waals surface area contributed by atoms with Crippen molar-refractivity contribution in [2.24, 2.45) is 0 Å². The van der Waals surface area contributed by atoms with Gasteiger partial charge in [0.25, 0.3) is 0 Å². The summed E-state index contributed by atoms with van der Waals surface area (Å²) in [5.74, 6) is 0. The lowest BCUT2D eigenvalue weighted by Crippen LogP contribution is -2.30. The Morgan fingerprint density at radius 2 is 1.53 bits per heavy atom. The third kappa shape index (κ3) is 9.10. The molecule has 4 heteroatoms. The Bertz CT molecular complexity index is 197. The van der Waals surface area contributed by atoms with Crippen LogP contribution in [0.3, 0.4) is 0 Å². The highest BCUT2D eigenvalue weighted by atomic mass is 16.6. The highest BCUT2D eigenvalue weighted by Gasteiger charge is 2.23. The Morgan fingerprint density at radius 1 is 1.06 bits per heavy atom. The number of hydrogen-bond donors (Lipinski definition) is 1. The van der Waals surface area contributed by atoms with Crippen LogP contribution in [-0.4, -0.2) is 22.2 Å². The van der Waals surface area contributed by atoms with Gasteiger partial charge in [-0.3, -0.25) is 10.1 Å². The third-order valence-electron chi connectivity index (χ3n) is 3.24. The monoisotopic (exact) mass is 245 g/mol. The van der Waals surface area contributed by atoms with E-state index in [1.165, 1.54) is 45.4 Å². The maximum atomic E-state index is 10.4. The Hall–Kier alpha value is -0.640. The molecule has 0 aromatic carbocycles. The second-order valence-electron chi connectivity index (χ2n) is 4.86. The van der Waals surface area contributed by atoms with Gasteiger partial charge in [0, 0.05) is 11.8 Å². The Labute approximate surface area is 105 Å². The summed E-state index contributed by atoms with van der Waals surface area (Å²) in [6.45, 7) is 3.67. The minimum absolute atomic E-state index is 0.407. The summed E-state index contributed by atoms with van der Waals surface area (Å²) in [5, 5.41) is 19.9. The first-order valence-electron chi connectivity index (χ1n) is 6.91. The standard InChI is InChI=1S/C13H27NO3/c1-3-4-5-6-7-8-9-10-11-13(15)12(2)14(16)17/h12-13,15H,3-11H2,1-2H3/t12-,13-/m1/s1. The van der Waals surface area contributed by atoms with Crippen molar-refractivity contribution in [2.45, 2.75) is 83.8 Å². The average Bonchev–Trinajstić information content (AvgIpc) is 2.31. The minimum Gasteiger partial charge on any atom is -0.386 e. The molecule has 0 heterocycles. The molecule has 0 rings (SSSR count). The van der Waals surface area contributed by atoms with Crippen LogP contribution in [0.15, 0.2) is 0 Å². The molecule has 0 amide bonds. The lowest BCUT2D eigenvalue weighted by molar-refractivity contribution is -0.530. The molecule has 0 spiro atoms. The predicted molar refractivity (Wildman–Crippen MR) is 69.7 cm³/mol. The number of hydrogen-bond acceptors (Lipinski definition) is 3. The number of aliphatic hydroxyl groups is 1. The summed E-state index contributed by atoms with van der Waals surface area (Å²) in [6, 6.07) is -0.834. The van der Waals surface area contributed by atoms with E-state index in [0.717, 1.165) is 12.8 Å². The van der Waals surface area contributed by atoms with Crippen LogP contribution in [0.1, 0.15) is 71.6 Å². The quantitative estimate of drug-likeness (QED) is 0.344. The molecule has 0 fully saturated rings. The van der Waals surface area contributed by atoms with E-state index in [1.807, 2.05) is 0 Å². The van der Waals surface area contributed by atoms with E-state index in [0.29, 0.717) is 6.42 Å². The fraction of sp³-hybridized carbons (Fsp3) is 1.00. The number of nitrogens with zero attached hydrogens (tertiary/aromatic N) is 1. The summed E-state index contributed by atoms with van der Waals surface area (Å²) >= 11 is 0. The van der Waals surface area contributed by atoms with Gasteiger partial charge in [0.15, 0.2) is 0 Å². The summed E-state index contributed by atoms with van der Waals surface area (Å²) in [5.41, 5.74) is 0. The van der Waals surface area contributed by atoms with Crippen molar-refractivity contribution in [3.8, 4) is 0 Å². The van der Waals surface area contributed by atoms with Crippen LogP contribution in [-0.2, 0) is 0 Å². The van der Waals surface area contributed by atoms with Crippen molar-refractivity contribution in [1.29, 1.82) is 0 Å². The van der Waals surface area contributed by atoms with Crippen LogP contribution in [0.25, 0.3) is 0 Å². The largest absolute Gasteiger partial charge is 0.386 e. The van der Waals surface area contributed by atoms with E-state index in [9.17, 15) is 15.2 Å². The van der Waals surface area contributed by atoms with Gasteiger partial charge in [-0.1, -0.05) is 58.3 Å². The zero-order valence-electron chi connectivity index (χ0n) is 11.2. The van der Waals surface area contributed by atoms with Gasteiger partial charge >= 0.3 is 0 Å². The average molecular weight is 245 g/mol. The van der Waals surface area contributed by atoms with Crippen molar-refractivity contribution in [1.82, 2.24) is 0 Å². The molecular weight excluding hydrogens is 218 g/mol. The second kappa shape index (κ2) is 10.5. The van der Waals surface area contributed by atoms with Crippen molar-refractivity contribution in [2.75, 3.05) is 0 Å². The van der Waals surface area contributed by atoms with Gasteiger partial charge in [-0.25, -0.2) is 0 Å². The molecule has 0 aliphatic heterocycles. The fourth-order valence-electron chi connectivity index (χ4n) is 1.87. The molecule has 0 aliphatic carbocycles. The molecule has 0 unspecified atom stereocenters. The smallest absolute Gasteiger partial charge is 0.235 e. The normalized spacial score (nSPS) is 14.5. The number of nitro groups is 1. The zero-order chi connectivity index (χ0) is 13.1. The number of aliphatic hydroxyl groups excluding tert-OH is 1. The van der Waals surface area contributed by atoms with Gasteiger partial charge < -0.3 is 5.11 Å². The molecule has 0 aliphatic rings. The summed E-state index contributed by atoms with van der Waals surface area (Å²) in [7, 11) is 0. The van der Waals surface area contributed by atoms with Crippen LogP contribution in [0.4, 0.5) is 0 Å². The molecule has 17 heavy (non-hydrogen) atoms. The van der Waals surface area contributed by atoms with Crippen LogP contribution >= 0.6 is 0 Å². The van der Waals surface area contributed by atoms with Gasteiger partial charge in [0.1, 0.15) is 6.10 Å². The van der Waals surface area contributed by atoms with E-state index in [2.05, 4.69) is 6.92 Å². The van der Waals surface area contributed by atoms with E-state index in [-0.39, 0.29) is 0 Å². The molecule has 0 radical (unpaired) electrons. The first-order chi connectivity index (χ1) is 8.09. The van der Waals surface area contributed by atoms with E-state index in [4.69, 9.17) is 0 Å². The lowest BCUT2D eigenvalue weighted by atomic mass is 10.0. The molecule has 0 bridgehead atoms. The highest BCUT2D eigenvalue weighted by Crippen LogP contribution is 2.12. The van der Waals surface area contributed by atoms with Gasteiger partial charge in [-0.05, 0) is 6.42 Å². The molecule has 102 valence electrons. The second-order valence-corrected chi connectivity index (χ2v) is 4.86. The fourth-order valence-corrected chi connectivity index (χ4v) is 1.87. The highest BCUT2D eigenvalue weighted by molar-refractivity contribution is 4.63. The zero-order valence-corrected chi connectivity index (χ0v) is 11.2. The Balaban J connectivity index is 3.30. The maximum Gasteiger partial charge on any atom is 0.235 e. The van der Waals surface area contributed by atoms with Crippen molar-refractivity contribution in [3.63, 3.8) is 0 Å². The van der Waals surface area contributed by atoms with Gasteiger partial charge in [0.2, 0.25) is 6.04 Å². The Morgan fingerprint density at radius 3 is 2.00 bits per heavy atom. The molecule has 0 aromatic rings. The lowest BCUT2D eigenvalue weighted by Gasteiger charge is -2.11. The summed E-state index contributed by atoms with van der Waals surface area (Å²) in [6.07, 6.45) is 9.37. The van der Waals surface area contributed by atoms with Crippen LogP contribution in [0.2, 0.25) is 0 Å². The molecule has 0 saturated carbocycles. The van der Waals surface area contributed by atoms with Crippen LogP contribution in [0, 0.1) is 10.1 Å². The minimum atomic E-state index is -0.834.